The zero-order chi connectivity index (χ0) is 14.7. The van der Waals surface area contributed by atoms with Crippen molar-refractivity contribution in [2.24, 2.45) is 5.73 Å². The summed E-state index contributed by atoms with van der Waals surface area (Å²) in [6.45, 7) is 4.18. The highest BCUT2D eigenvalue weighted by Gasteiger charge is 2.22. The predicted octanol–water partition coefficient (Wildman–Crippen LogP) is 1.74. The first-order valence-corrected chi connectivity index (χ1v) is 7.90. The molecule has 0 radical (unpaired) electrons. The number of halogens is 1. The van der Waals surface area contributed by atoms with Gasteiger partial charge in [-0.15, -0.1) is 0 Å². The van der Waals surface area contributed by atoms with E-state index in [2.05, 4.69) is 45.1 Å². The minimum atomic E-state index is 0.411. The second-order valence-corrected chi connectivity index (χ2v) is 6.60. The molecule has 0 aliphatic carbocycles. The molecule has 1 aromatic carbocycles. The van der Waals surface area contributed by atoms with Gasteiger partial charge in [-0.1, -0.05) is 18.3 Å². The van der Waals surface area contributed by atoms with Crippen LogP contribution >= 0.6 is 28.1 Å². The lowest BCUT2D eigenvalue weighted by molar-refractivity contribution is 0.122. The van der Waals surface area contributed by atoms with Gasteiger partial charge in [0, 0.05) is 47.9 Å². The number of benzene rings is 1. The van der Waals surface area contributed by atoms with Crippen LogP contribution in [0.1, 0.15) is 5.56 Å². The van der Waals surface area contributed by atoms with Crippen LogP contribution in [0.4, 0.5) is 5.69 Å². The van der Waals surface area contributed by atoms with Crippen LogP contribution in [0.25, 0.3) is 0 Å². The maximum atomic E-state index is 5.82. The molecule has 110 valence electrons. The molecule has 1 unspecified atom stereocenters. The fraction of sp³-hybridized carbons (Fsp3) is 0.500. The Kier molecular flexibility index (Phi) is 5.37. The number of likely N-dealkylation sites (N-methyl/N-ethyl adjacent to an activating group) is 2. The molecular formula is C14H21BrN4S. The minimum Gasteiger partial charge on any atom is -0.389 e. The SMILES string of the molecule is CN1CCN(C)C(CNc2cccc(Br)c2C(N)=S)C1. The zero-order valence-corrected chi connectivity index (χ0v) is 14.3. The van der Waals surface area contributed by atoms with Gasteiger partial charge in [0.2, 0.25) is 0 Å². The first-order chi connectivity index (χ1) is 9.49. The third kappa shape index (κ3) is 3.69. The molecule has 0 amide bonds. The number of piperazine rings is 1. The standard InChI is InChI=1S/C14H21BrN4S/c1-18-6-7-19(2)10(9-18)8-17-12-5-3-4-11(15)13(12)14(16)20/h3-5,10,17H,6-9H2,1-2H3,(H2,16,20). The van der Waals surface area contributed by atoms with Gasteiger partial charge in [-0.05, 0) is 42.2 Å². The van der Waals surface area contributed by atoms with E-state index in [0.717, 1.165) is 41.9 Å². The normalized spacial score (nSPS) is 20.9. The number of nitrogens with zero attached hydrogens (tertiary/aromatic N) is 2. The summed E-state index contributed by atoms with van der Waals surface area (Å²) < 4.78 is 0.934. The van der Waals surface area contributed by atoms with E-state index < -0.39 is 0 Å². The molecular weight excluding hydrogens is 336 g/mol. The molecule has 1 atom stereocenters. The lowest BCUT2D eigenvalue weighted by atomic mass is 10.1. The first kappa shape index (κ1) is 15.7. The van der Waals surface area contributed by atoms with Gasteiger partial charge in [-0.3, -0.25) is 4.90 Å². The molecule has 1 fully saturated rings. The van der Waals surface area contributed by atoms with Crippen molar-refractivity contribution in [3.63, 3.8) is 0 Å². The second-order valence-electron chi connectivity index (χ2n) is 5.30. The van der Waals surface area contributed by atoms with Gasteiger partial charge in [0.25, 0.3) is 0 Å². The summed E-state index contributed by atoms with van der Waals surface area (Å²) in [6.07, 6.45) is 0. The van der Waals surface area contributed by atoms with Gasteiger partial charge in [0.05, 0.1) is 0 Å². The molecule has 1 saturated heterocycles. The smallest absolute Gasteiger partial charge is 0.107 e. The highest BCUT2D eigenvalue weighted by atomic mass is 79.9. The average molecular weight is 357 g/mol. The number of nitrogens with two attached hydrogens (primary N) is 1. The van der Waals surface area contributed by atoms with E-state index in [9.17, 15) is 0 Å². The fourth-order valence-electron chi connectivity index (χ4n) is 2.47. The Morgan fingerprint density at radius 2 is 2.20 bits per heavy atom. The summed E-state index contributed by atoms with van der Waals surface area (Å²) in [4.78, 5) is 5.17. The Balaban J connectivity index is 2.07. The van der Waals surface area contributed by atoms with Crippen molar-refractivity contribution >= 4 is 38.8 Å². The third-order valence-electron chi connectivity index (χ3n) is 3.77. The van der Waals surface area contributed by atoms with Crippen molar-refractivity contribution in [2.75, 3.05) is 45.6 Å². The molecule has 6 heteroatoms. The maximum absolute atomic E-state index is 5.82. The number of rotatable bonds is 4. The van der Waals surface area contributed by atoms with E-state index in [-0.39, 0.29) is 0 Å². The third-order valence-corrected chi connectivity index (χ3v) is 4.63. The van der Waals surface area contributed by atoms with Crippen LogP contribution in [0.3, 0.4) is 0 Å². The van der Waals surface area contributed by atoms with Gasteiger partial charge >= 0.3 is 0 Å². The summed E-state index contributed by atoms with van der Waals surface area (Å²) in [7, 11) is 4.34. The largest absolute Gasteiger partial charge is 0.389 e. The summed E-state index contributed by atoms with van der Waals surface area (Å²) in [6, 6.07) is 6.46. The quantitative estimate of drug-likeness (QED) is 0.804. The zero-order valence-electron chi connectivity index (χ0n) is 11.9. The molecule has 1 aliphatic heterocycles. The second kappa shape index (κ2) is 6.85. The molecule has 0 aromatic heterocycles. The van der Waals surface area contributed by atoms with E-state index in [4.69, 9.17) is 18.0 Å². The number of hydrogen-bond donors (Lipinski definition) is 2. The highest BCUT2D eigenvalue weighted by molar-refractivity contribution is 9.10. The Bertz CT molecular complexity index is 494. The van der Waals surface area contributed by atoms with Crippen molar-refractivity contribution in [1.29, 1.82) is 0 Å². The van der Waals surface area contributed by atoms with Gasteiger partial charge in [0.15, 0.2) is 0 Å². The molecule has 2 rings (SSSR count). The van der Waals surface area contributed by atoms with E-state index >= 15 is 0 Å². The molecule has 4 nitrogen and oxygen atoms in total. The lowest BCUT2D eigenvalue weighted by Gasteiger charge is -2.38. The van der Waals surface area contributed by atoms with Gasteiger partial charge < -0.3 is 16.0 Å². The summed E-state index contributed by atoms with van der Waals surface area (Å²) in [5.41, 5.74) is 7.69. The fourth-order valence-corrected chi connectivity index (χ4v) is 3.40. The molecule has 1 heterocycles. The van der Waals surface area contributed by atoms with Crippen molar-refractivity contribution in [1.82, 2.24) is 9.80 Å². The number of nitrogens with one attached hydrogen (secondary N) is 1. The predicted molar refractivity (Wildman–Crippen MR) is 92.4 cm³/mol. The van der Waals surface area contributed by atoms with Crippen molar-refractivity contribution in [3.05, 3.63) is 28.2 Å². The highest BCUT2D eigenvalue weighted by Crippen LogP contribution is 2.25. The number of thiocarbonyl (C=S) groups is 1. The minimum absolute atomic E-state index is 0.411. The van der Waals surface area contributed by atoms with Gasteiger partial charge in [-0.25, -0.2) is 0 Å². The van der Waals surface area contributed by atoms with Crippen molar-refractivity contribution in [2.45, 2.75) is 6.04 Å². The van der Waals surface area contributed by atoms with E-state index in [1.807, 2.05) is 18.2 Å². The maximum Gasteiger partial charge on any atom is 0.107 e. The van der Waals surface area contributed by atoms with Crippen molar-refractivity contribution in [3.8, 4) is 0 Å². The van der Waals surface area contributed by atoms with Gasteiger partial charge in [0.1, 0.15) is 4.99 Å². The monoisotopic (exact) mass is 356 g/mol. The Morgan fingerprint density at radius 3 is 2.90 bits per heavy atom. The molecule has 0 saturated carbocycles. The lowest BCUT2D eigenvalue weighted by Crippen LogP contribution is -2.52. The first-order valence-electron chi connectivity index (χ1n) is 6.70. The van der Waals surface area contributed by atoms with E-state index in [0.29, 0.717) is 11.0 Å². The van der Waals surface area contributed by atoms with Crippen LogP contribution in [0.15, 0.2) is 22.7 Å². The van der Waals surface area contributed by atoms with Crippen molar-refractivity contribution < 1.29 is 0 Å². The van der Waals surface area contributed by atoms with Crippen LogP contribution in [-0.2, 0) is 0 Å². The Labute approximate surface area is 134 Å². The Hall–Kier alpha value is -0.690. The van der Waals surface area contributed by atoms with Gasteiger partial charge in [-0.2, -0.15) is 0 Å². The van der Waals surface area contributed by atoms with Crippen LogP contribution < -0.4 is 11.1 Å². The van der Waals surface area contributed by atoms with Crippen LogP contribution in [-0.4, -0.2) is 61.1 Å². The average Bonchev–Trinajstić information content (AvgIpc) is 2.39. The molecule has 1 aliphatic rings. The molecule has 0 spiro atoms. The summed E-state index contributed by atoms with van der Waals surface area (Å²) >= 11 is 8.65. The molecule has 3 N–H and O–H groups in total. The van der Waals surface area contributed by atoms with Crippen LogP contribution in [0.2, 0.25) is 0 Å². The van der Waals surface area contributed by atoms with E-state index in [1.165, 1.54) is 0 Å². The molecule has 20 heavy (non-hydrogen) atoms. The van der Waals surface area contributed by atoms with Crippen LogP contribution in [0.5, 0.6) is 0 Å². The summed E-state index contributed by atoms with van der Waals surface area (Å²) in [5.74, 6) is 0. The van der Waals surface area contributed by atoms with Crippen LogP contribution in [0, 0.1) is 0 Å². The summed E-state index contributed by atoms with van der Waals surface area (Å²) in [5, 5.41) is 3.49. The number of hydrogen-bond acceptors (Lipinski definition) is 4. The Morgan fingerprint density at radius 1 is 1.45 bits per heavy atom. The topological polar surface area (TPSA) is 44.5 Å². The molecule has 0 bridgehead atoms. The number of anilines is 1. The molecule has 1 aromatic rings. The van der Waals surface area contributed by atoms with E-state index in [1.54, 1.807) is 0 Å².